The summed E-state index contributed by atoms with van der Waals surface area (Å²) in [5, 5.41) is 14.0. The standard InChI is InChI=1S/C22H23BrN4O2S/c1-2-3-9-18(15-7-5-4-6-8-15)26-27-22-25-20(28)14-19(30-22)21(29)24-17-12-10-16(23)11-13-17/h4-8,10-13,19H,2-3,9,14H2,1H3,(H,24,29)(H,25,27,28)/b26-18-. The number of benzene rings is 2. The molecule has 1 saturated heterocycles. The first-order valence-corrected chi connectivity index (χ1v) is 11.5. The highest BCUT2D eigenvalue weighted by Gasteiger charge is 2.30. The van der Waals surface area contributed by atoms with Gasteiger partial charge >= 0.3 is 0 Å². The highest BCUT2D eigenvalue weighted by atomic mass is 79.9. The summed E-state index contributed by atoms with van der Waals surface area (Å²) < 4.78 is 0.927. The molecular formula is C22H23BrN4O2S. The summed E-state index contributed by atoms with van der Waals surface area (Å²) >= 11 is 4.58. The number of halogens is 1. The Morgan fingerprint density at radius 3 is 2.63 bits per heavy atom. The molecule has 0 aromatic heterocycles. The number of unbranched alkanes of at least 4 members (excludes halogenated alkanes) is 1. The molecule has 0 bridgehead atoms. The molecule has 2 N–H and O–H groups in total. The molecule has 0 saturated carbocycles. The van der Waals surface area contributed by atoms with Crippen LogP contribution in [-0.2, 0) is 9.59 Å². The van der Waals surface area contributed by atoms with Crippen molar-refractivity contribution in [1.29, 1.82) is 0 Å². The molecule has 156 valence electrons. The van der Waals surface area contributed by atoms with Crippen LogP contribution in [-0.4, -0.2) is 27.9 Å². The lowest BCUT2D eigenvalue weighted by molar-refractivity contribution is -0.123. The van der Waals surface area contributed by atoms with Gasteiger partial charge in [0.25, 0.3) is 0 Å². The number of nitrogens with one attached hydrogen (secondary N) is 2. The number of rotatable bonds is 7. The van der Waals surface area contributed by atoms with Crippen LogP contribution in [0.15, 0.2) is 69.3 Å². The summed E-state index contributed by atoms with van der Waals surface area (Å²) in [6.45, 7) is 2.13. The molecular weight excluding hydrogens is 464 g/mol. The summed E-state index contributed by atoms with van der Waals surface area (Å²) in [6, 6.07) is 17.2. The molecule has 1 fully saturated rings. The molecule has 30 heavy (non-hydrogen) atoms. The molecule has 8 heteroatoms. The lowest BCUT2D eigenvalue weighted by atomic mass is 10.1. The molecule has 1 aliphatic heterocycles. The number of carbonyl (C=O) groups is 2. The number of hydrogen-bond donors (Lipinski definition) is 2. The van der Waals surface area contributed by atoms with Gasteiger partial charge in [-0.25, -0.2) is 0 Å². The highest BCUT2D eigenvalue weighted by molar-refractivity contribution is 9.10. The second kappa shape index (κ2) is 11.1. The quantitative estimate of drug-likeness (QED) is 0.428. The van der Waals surface area contributed by atoms with Gasteiger partial charge in [0, 0.05) is 16.6 Å². The van der Waals surface area contributed by atoms with Gasteiger partial charge in [0.15, 0.2) is 5.17 Å². The molecule has 0 radical (unpaired) electrons. The lowest BCUT2D eigenvalue weighted by Crippen LogP contribution is -2.41. The van der Waals surface area contributed by atoms with Crippen molar-refractivity contribution in [3.63, 3.8) is 0 Å². The van der Waals surface area contributed by atoms with E-state index in [4.69, 9.17) is 0 Å². The fourth-order valence-corrected chi connectivity index (χ4v) is 4.02. The number of hydrogen-bond acceptors (Lipinski definition) is 5. The van der Waals surface area contributed by atoms with E-state index in [1.807, 2.05) is 42.5 Å². The Kier molecular flexibility index (Phi) is 8.21. The molecule has 2 aromatic carbocycles. The van der Waals surface area contributed by atoms with Crippen LogP contribution in [0.3, 0.4) is 0 Å². The van der Waals surface area contributed by atoms with E-state index in [0.717, 1.165) is 35.0 Å². The minimum Gasteiger partial charge on any atom is -0.325 e. The van der Waals surface area contributed by atoms with Gasteiger partial charge in [0.2, 0.25) is 11.8 Å². The minimum atomic E-state index is -0.563. The molecule has 2 aromatic rings. The van der Waals surface area contributed by atoms with Crippen molar-refractivity contribution >= 4 is 56.1 Å². The molecule has 1 unspecified atom stereocenters. The Bertz CT molecular complexity index is 945. The molecule has 3 rings (SSSR count). The fourth-order valence-electron chi connectivity index (χ4n) is 2.83. The van der Waals surface area contributed by atoms with E-state index in [0.29, 0.717) is 10.9 Å². The summed E-state index contributed by atoms with van der Waals surface area (Å²) in [6.07, 6.45) is 2.93. The maximum absolute atomic E-state index is 12.6. The van der Waals surface area contributed by atoms with E-state index < -0.39 is 5.25 Å². The highest BCUT2D eigenvalue weighted by Crippen LogP contribution is 2.23. The number of thioether (sulfide) groups is 1. The fraction of sp³-hybridized carbons (Fsp3) is 0.273. The van der Waals surface area contributed by atoms with Gasteiger partial charge in [-0.05, 0) is 42.7 Å². The average molecular weight is 487 g/mol. The normalized spacial score (nSPS) is 18.2. The smallest absolute Gasteiger partial charge is 0.238 e. The Hall–Kier alpha value is -2.45. The molecule has 0 spiro atoms. The van der Waals surface area contributed by atoms with E-state index in [9.17, 15) is 9.59 Å². The van der Waals surface area contributed by atoms with Crippen molar-refractivity contribution in [2.24, 2.45) is 10.2 Å². The van der Waals surface area contributed by atoms with Crippen LogP contribution < -0.4 is 10.6 Å². The van der Waals surface area contributed by atoms with Crippen LogP contribution in [0.4, 0.5) is 5.69 Å². The van der Waals surface area contributed by atoms with E-state index in [-0.39, 0.29) is 18.2 Å². The van der Waals surface area contributed by atoms with E-state index in [2.05, 4.69) is 43.7 Å². The molecule has 0 aliphatic carbocycles. The Morgan fingerprint density at radius 2 is 1.93 bits per heavy atom. The molecule has 2 amide bonds. The monoisotopic (exact) mass is 486 g/mol. The zero-order chi connectivity index (χ0) is 21.3. The second-order valence-electron chi connectivity index (χ2n) is 6.78. The van der Waals surface area contributed by atoms with Crippen LogP contribution in [0.25, 0.3) is 0 Å². The predicted octanol–water partition coefficient (Wildman–Crippen LogP) is 4.96. The van der Waals surface area contributed by atoms with Crippen molar-refractivity contribution in [3.05, 3.63) is 64.6 Å². The largest absolute Gasteiger partial charge is 0.325 e. The van der Waals surface area contributed by atoms with E-state index in [1.54, 1.807) is 12.1 Å². The maximum atomic E-state index is 12.6. The van der Waals surface area contributed by atoms with E-state index >= 15 is 0 Å². The molecule has 1 heterocycles. The summed E-state index contributed by atoms with van der Waals surface area (Å²) in [5.74, 6) is -0.475. The van der Waals surface area contributed by atoms with Crippen LogP contribution in [0.5, 0.6) is 0 Å². The number of anilines is 1. The maximum Gasteiger partial charge on any atom is 0.238 e. The van der Waals surface area contributed by atoms with E-state index in [1.165, 1.54) is 11.8 Å². The molecule has 1 atom stereocenters. The van der Waals surface area contributed by atoms with Crippen LogP contribution >= 0.6 is 27.7 Å². The Balaban J connectivity index is 1.73. The number of amidine groups is 1. The van der Waals surface area contributed by atoms with Crippen molar-refractivity contribution in [2.75, 3.05) is 5.32 Å². The second-order valence-corrected chi connectivity index (χ2v) is 8.88. The number of amides is 2. The average Bonchev–Trinajstić information content (AvgIpc) is 2.75. The number of nitrogens with zero attached hydrogens (tertiary/aromatic N) is 2. The van der Waals surface area contributed by atoms with Gasteiger partial charge in [-0.1, -0.05) is 71.4 Å². The van der Waals surface area contributed by atoms with Crippen molar-refractivity contribution in [2.45, 2.75) is 37.9 Å². The number of carbonyl (C=O) groups excluding carboxylic acids is 2. The minimum absolute atomic E-state index is 0.0944. The molecule has 1 aliphatic rings. The van der Waals surface area contributed by atoms with Gasteiger partial charge in [0.05, 0.1) is 5.71 Å². The third-order valence-corrected chi connectivity index (χ3v) is 6.01. The summed E-state index contributed by atoms with van der Waals surface area (Å²) in [7, 11) is 0. The Morgan fingerprint density at radius 1 is 1.20 bits per heavy atom. The first-order chi connectivity index (χ1) is 14.5. The van der Waals surface area contributed by atoms with Crippen molar-refractivity contribution < 1.29 is 9.59 Å². The third-order valence-electron chi connectivity index (χ3n) is 4.41. The zero-order valence-corrected chi connectivity index (χ0v) is 19.0. The SMILES string of the molecule is CCCC/C(=N/N=C1\NC(=O)CC(C(=O)Nc2ccc(Br)cc2)S1)c1ccccc1. The zero-order valence-electron chi connectivity index (χ0n) is 16.6. The van der Waals surface area contributed by atoms with Gasteiger partial charge in [-0.15, -0.1) is 5.10 Å². The van der Waals surface area contributed by atoms with Gasteiger partial charge < -0.3 is 10.6 Å². The topological polar surface area (TPSA) is 82.9 Å². The van der Waals surface area contributed by atoms with Crippen LogP contribution in [0, 0.1) is 0 Å². The van der Waals surface area contributed by atoms with Gasteiger partial charge in [-0.3, -0.25) is 9.59 Å². The van der Waals surface area contributed by atoms with Crippen LogP contribution in [0.1, 0.15) is 38.2 Å². The van der Waals surface area contributed by atoms with Gasteiger partial charge in [0.1, 0.15) is 5.25 Å². The Labute approximate surface area is 188 Å². The first kappa shape index (κ1) is 22.2. The van der Waals surface area contributed by atoms with Gasteiger partial charge in [-0.2, -0.15) is 5.10 Å². The summed E-state index contributed by atoms with van der Waals surface area (Å²) in [4.78, 5) is 24.8. The van der Waals surface area contributed by atoms with Crippen molar-refractivity contribution in [3.8, 4) is 0 Å². The third kappa shape index (κ3) is 6.53. The van der Waals surface area contributed by atoms with Crippen molar-refractivity contribution in [1.82, 2.24) is 5.32 Å². The predicted molar refractivity (Wildman–Crippen MR) is 127 cm³/mol. The van der Waals surface area contributed by atoms with Crippen LogP contribution in [0.2, 0.25) is 0 Å². The first-order valence-electron chi connectivity index (χ1n) is 9.78. The summed E-state index contributed by atoms with van der Waals surface area (Å²) in [5.41, 5.74) is 2.55. The lowest BCUT2D eigenvalue weighted by Gasteiger charge is -2.21. The molecule has 6 nitrogen and oxygen atoms in total.